The van der Waals surface area contributed by atoms with Crippen LogP contribution in [-0.2, 0) is 6.42 Å². The lowest BCUT2D eigenvalue weighted by Crippen LogP contribution is -2.38. The van der Waals surface area contributed by atoms with Crippen molar-refractivity contribution in [2.24, 2.45) is 5.92 Å². The third-order valence-corrected chi connectivity index (χ3v) is 5.69. The van der Waals surface area contributed by atoms with Gasteiger partial charge < -0.3 is 10.2 Å². The van der Waals surface area contributed by atoms with Crippen LogP contribution in [0.3, 0.4) is 0 Å². The summed E-state index contributed by atoms with van der Waals surface area (Å²) in [7, 11) is 0. The van der Waals surface area contributed by atoms with Gasteiger partial charge in [-0.25, -0.2) is 0 Å². The highest BCUT2D eigenvalue weighted by molar-refractivity contribution is 6.05. The summed E-state index contributed by atoms with van der Waals surface area (Å²) in [6.07, 6.45) is 3.13. The molecule has 3 aromatic rings. The number of carbonyl (C=O) groups excluding carboxylic acids is 2. The lowest BCUT2D eigenvalue weighted by atomic mass is 9.90. The van der Waals surface area contributed by atoms with E-state index in [1.807, 2.05) is 41.3 Å². The summed E-state index contributed by atoms with van der Waals surface area (Å²) in [6.45, 7) is 1.57. The molecule has 1 aliphatic rings. The fourth-order valence-corrected chi connectivity index (χ4v) is 3.96. The van der Waals surface area contributed by atoms with Crippen molar-refractivity contribution in [3.8, 4) is 0 Å². The molecular weight excluding hydrogens is 372 g/mol. The van der Waals surface area contributed by atoms with E-state index in [4.69, 9.17) is 0 Å². The Morgan fingerprint density at radius 2 is 1.33 bits per heavy atom. The number of amides is 2. The van der Waals surface area contributed by atoms with Crippen molar-refractivity contribution in [2.75, 3.05) is 18.4 Å². The largest absolute Gasteiger partial charge is 0.339 e. The number of carbonyl (C=O) groups is 2. The second-order valence-corrected chi connectivity index (χ2v) is 7.82. The molecular formula is C26H26N2O2. The molecule has 4 nitrogen and oxygen atoms in total. The maximum atomic E-state index is 12.9. The molecule has 3 aromatic carbocycles. The molecule has 1 fully saturated rings. The smallest absolute Gasteiger partial charge is 0.255 e. The predicted molar refractivity (Wildman–Crippen MR) is 120 cm³/mol. The number of para-hydroxylation sites is 1. The van der Waals surface area contributed by atoms with Crippen LogP contribution in [0.25, 0.3) is 0 Å². The Balaban J connectivity index is 1.31. The van der Waals surface area contributed by atoms with E-state index in [2.05, 4.69) is 29.6 Å². The van der Waals surface area contributed by atoms with Gasteiger partial charge in [-0.15, -0.1) is 0 Å². The van der Waals surface area contributed by atoms with Crippen molar-refractivity contribution in [1.29, 1.82) is 0 Å². The van der Waals surface area contributed by atoms with Crippen LogP contribution in [0.1, 0.15) is 39.1 Å². The first kappa shape index (κ1) is 19.9. The maximum absolute atomic E-state index is 12.9. The van der Waals surface area contributed by atoms with Crippen LogP contribution in [0.15, 0.2) is 84.9 Å². The number of nitrogens with zero attached hydrogens (tertiary/aromatic N) is 1. The van der Waals surface area contributed by atoms with Crippen LogP contribution in [-0.4, -0.2) is 29.8 Å². The quantitative estimate of drug-likeness (QED) is 0.655. The summed E-state index contributed by atoms with van der Waals surface area (Å²) < 4.78 is 0. The van der Waals surface area contributed by atoms with Gasteiger partial charge >= 0.3 is 0 Å². The summed E-state index contributed by atoms with van der Waals surface area (Å²) >= 11 is 0. The van der Waals surface area contributed by atoms with Gasteiger partial charge in [0, 0.05) is 29.9 Å². The number of anilines is 1. The number of nitrogens with one attached hydrogen (secondary N) is 1. The van der Waals surface area contributed by atoms with Crippen LogP contribution in [0.2, 0.25) is 0 Å². The molecule has 1 saturated heterocycles. The SMILES string of the molecule is O=C(Nc1ccccc1)c1ccc(C(=O)N2CCC(Cc3ccccc3)CC2)cc1. The zero-order valence-corrected chi connectivity index (χ0v) is 17.0. The van der Waals surface area contributed by atoms with Crippen LogP contribution < -0.4 is 5.32 Å². The number of benzene rings is 3. The third kappa shape index (κ3) is 4.95. The summed E-state index contributed by atoms with van der Waals surface area (Å²) in [4.78, 5) is 27.2. The van der Waals surface area contributed by atoms with Crippen molar-refractivity contribution < 1.29 is 9.59 Å². The standard InChI is InChI=1S/C26H26N2O2/c29-25(27-24-9-5-2-6-10-24)22-11-13-23(14-12-22)26(30)28-17-15-21(16-18-28)19-20-7-3-1-4-8-20/h1-14,21H,15-19H2,(H,27,29). The number of rotatable bonds is 5. The maximum Gasteiger partial charge on any atom is 0.255 e. The molecule has 0 atom stereocenters. The van der Waals surface area contributed by atoms with E-state index in [-0.39, 0.29) is 11.8 Å². The number of hydrogen-bond donors (Lipinski definition) is 1. The van der Waals surface area contributed by atoms with E-state index >= 15 is 0 Å². The first-order valence-electron chi connectivity index (χ1n) is 10.5. The molecule has 0 unspecified atom stereocenters. The van der Waals surface area contributed by atoms with Crippen LogP contribution in [0.5, 0.6) is 0 Å². The highest BCUT2D eigenvalue weighted by Crippen LogP contribution is 2.23. The molecule has 0 aromatic heterocycles. The van der Waals surface area contributed by atoms with Gasteiger partial charge in [0.2, 0.25) is 0 Å². The molecule has 30 heavy (non-hydrogen) atoms. The van der Waals surface area contributed by atoms with Gasteiger partial charge in [-0.3, -0.25) is 9.59 Å². The zero-order chi connectivity index (χ0) is 20.8. The molecule has 0 radical (unpaired) electrons. The van der Waals surface area contributed by atoms with Gasteiger partial charge in [0.15, 0.2) is 0 Å². The Kier molecular flexibility index (Phi) is 6.23. The lowest BCUT2D eigenvalue weighted by Gasteiger charge is -2.32. The van der Waals surface area contributed by atoms with Gasteiger partial charge in [-0.2, -0.15) is 0 Å². The molecule has 152 valence electrons. The number of piperidine rings is 1. The van der Waals surface area contributed by atoms with Crippen molar-refractivity contribution in [2.45, 2.75) is 19.3 Å². The summed E-state index contributed by atoms with van der Waals surface area (Å²) in [5.74, 6) is 0.491. The molecule has 1 N–H and O–H groups in total. The monoisotopic (exact) mass is 398 g/mol. The Bertz CT molecular complexity index is 977. The van der Waals surface area contributed by atoms with E-state index in [1.165, 1.54) is 5.56 Å². The molecule has 0 spiro atoms. The third-order valence-electron chi connectivity index (χ3n) is 5.69. The van der Waals surface area contributed by atoms with Crippen LogP contribution >= 0.6 is 0 Å². The highest BCUT2D eigenvalue weighted by Gasteiger charge is 2.24. The normalized spacial score (nSPS) is 14.3. The lowest BCUT2D eigenvalue weighted by molar-refractivity contribution is 0.0690. The Hall–Kier alpha value is -3.40. The molecule has 1 aliphatic heterocycles. The molecule has 0 aliphatic carbocycles. The fourth-order valence-electron chi connectivity index (χ4n) is 3.96. The van der Waals surface area contributed by atoms with Crippen molar-refractivity contribution in [3.05, 3.63) is 102 Å². The van der Waals surface area contributed by atoms with Gasteiger partial charge in [0.05, 0.1) is 0 Å². The molecule has 4 rings (SSSR count). The van der Waals surface area contributed by atoms with E-state index in [1.54, 1.807) is 24.3 Å². The second-order valence-electron chi connectivity index (χ2n) is 7.82. The molecule has 4 heteroatoms. The predicted octanol–water partition coefficient (Wildman–Crippen LogP) is 5.03. The molecule has 2 amide bonds. The average Bonchev–Trinajstić information content (AvgIpc) is 2.80. The number of hydrogen-bond acceptors (Lipinski definition) is 2. The van der Waals surface area contributed by atoms with E-state index in [0.29, 0.717) is 17.0 Å². The average molecular weight is 399 g/mol. The van der Waals surface area contributed by atoms with Gasteiger partial charge in [0.1, 0.15) is 0 Å². The first-order chi connectivity index (χ1) is 14.7. The Morgan fingerprint density at radius 3 is 1.97 bits per heavy atom. The van der Waals surface area contributed by atoms with E-state index < -0.39 is 0 Å². The van der Waals surface area contributed by atoms with Gasteiger partial charge in [0.25, 0.3) is 11.8 Å². The van der Waals surface area contributed by atoms with Crippen molar-refractivity contribution in [3.63, 3.8) is 0 Å². The van der Waals surface area contributed by atoms with Crippen LogP contribution in [0, 0.1) is 5.92 Å². The highest BCUT2D eigenvalue weighted by atomic mass is 16.2. The first-order valence-corrected chi connectivity index (χ1v) is 10.5. The minimum absolute atomic E-state index is 0.0446. The Morgan fingerprint density at radius 1 is 0.767 bits per heavy atom. The zero-order valence-electron chi connectivity index (χ0n) is 17.0. The van der Waals surface area contributed by atoms with Crippen LogP contribution in [0.4, 0.5) is 5.69 Å². The summed E-state index contributed by atoms with van der Waals surface area (Å²) in [6, 6.07) is 26.8. The molecule has 1 heterocycles. The van der Waals surface area contributed by atoms with Crippen molar-refractivity contribution >= 4 is 17.5 Å². The minimum atomic E-state index is -0.179. The topological polar surface area (TPSA) is 49.4 Å². The summed E-state index contributed by atoms with van der Waals surface area (Å²) in [5.41, 5.74) is 3.29. The van der Waals surface area contributed by atoms with E-state index in [9.17, 15) is 9.59 Å². The molecule has 0 bridgehead atoms. The summed E-state index contributed by atoms with van der Waals surface area (Å²) in [5, 5.41) is 2.86. The second kappa shape index (κ2) is 9.40. The van der Waals surface area contributed by atoms with E-state index in [0.717, 1.165) is 38.0 Å². The van der Waals surface area contributed by atoms with Gasteiger partial charge in [-0.05, 0) is 67.1 Å². The molecule has 0 saturated carbocycles. The Labute approximate surface area is 177 Å². The minimum Gasteiger partial charge on any atom is -0.339 e. The fraction of sp³-hybridized carbons (Fsp3) is 0.231. The van der Waals surface area contributed by atoms with Gasteiger partial charge in [-0.1, -0.05) is 48.5 Å². The number of likely N-dealkylation sites (tertiary alicyclic amines) is 1. The van der Waals surface area contributed by atoms with Crippen molar-refractivity contribution in [1.82, 2.24) is 4.90 Å².